The summed E-state index contributed by atoms with van der Waals surface area (Å²) in [7, 11) is 0. The third kappa shape index (κ3) is 11.9. The summed E-state index contributed by atoms with van der Waals surface area (Å²) in [6, 6.07) is 0. The van der Waals surface area contributed by atoms with E-state index in [1.54, 1.807) is 0 Å². The van der Waals surface area contributed by atoms with E-state index in [0.717, 1.165) is 17.8 Å². The van der Waals surface area contributed by atoms with E-state index < -0.39 is 0 Å². The largest absolute Gasteiger partial charge is 0.0628 e. The summed E-state index contributed by atoms with van der Waals surface area (Å²) in [5, 5.41) is 0. The normalized spacial score (nSPS) is 13.8. The van der Waals surface area contributed by atoms with Crippen molar-refractivity contribution in [1.82, 2.24) is 0 Å². The van der Waals surface area contributed by atoms with Crippen molar-refractivity contribution in [2.75, 3.05) is 0 Å². The van der Waals surface area contributed by atoms with Crippen molar-refractivity contribution in [2.24, 2.45) is 17.8 Å². The average molecular weight is 212 g/mol. The highest BCUT2D eigenvalue weighted by Crippen LogP contribution is 2.18. The first-order valence-corrected chi connectivity index (χ1v) is 7.02. The van der Waals surface area contributed by atoms with Gasteiger partial charge < -0.3 is 0 Å². The van der Waals surface area contributed by atoms with E-state index in [9.17, 15) is 0 Å². The van der Waals surface area contributed by atoms with Crippen LogP contribution in [-0.2, 0) is 0 Å². The fraction of sp³-hybridized carbons (Fsp3) is 1.00. The van der Waals surface area contributed by atoms with E-state index in [2.05, 4.69) is 34.6 Å². The quantitative estimate of drug-likeness (QED) is 0.432. The van der Waals surface area contributed by atoms with Crippen molar-refractivity contribution in [3.8, 4) is 0 Å². The molecule has 0 aliphatic heterocycles. The third-order valence-electron chi connectivity index (χ3n) is 3.10. The van der Waals surface area contributed by atoms with Crippen LogP contribution in [0.5, 0.6) is 0 Å². The second kappa shape index (κ2) is 9.24. The zero-order valence-corrected chi connectivity index (χ0v) is 11.7. The van der Waals surface area contributed by atoms with Gasteiger partial charge in [0.1, 0.15) is 0 Å². The van der Waals surface area contributed by atoms with Gasteiger partial charge in [-0.25, -0.2) is 0 Å². The molecule has 0 saturated carbocycles. The Balaban J connectivity index is 3.16. The Labute approximate surface area is 97.8 Å². The standard InChI is InChI=1S/C15H32/c1-13(2)10-8-6-7-9-11-15(5)12-14(3)4/h13-15H,6-12H2,1-5H3. The van der Waals surface area contributed by atoms with E-state index in [1.165, 1.54) is 44.9 Å². The summed E-state index contributed by atoms with van der Waals surface area (Å²) in [6.45, 7) is 11.7. The lowest BCUT2D eigenvalue weighted by atomic mass is 9.93. The van der Waals surface area contributed by atoms with Gasteiger partial charge in [-0.05, 0) is 24.2 Å². The predicted octanol–water partition coefficient (Wildman–Crippen LogP) is 5.67. The average Bonchev–Trinajstić information content (AvgIpc) is 2.09. The summed E-state index contributed by atoms with van der Waals surface area (Å²) in [4.78, 5) is 0. The highest BCUT2D eigenvalue weighted by molar-refractivity contribution is 4.57. The minimum absolute atomic E-state index is 0.876. The maximum atomic E-state index is 2.41. The van der Waals surface area contributed by atoms with Crippen LogP contribution in [0.15, 0.2) is 0 Å². The Bertz CT molecular complexity index is 124. The van der Waals surface area contributed by atoms with E-state index in [0.29, 0.717) is 0 Å². The lowest BCUT2D eigenvalue weighted by Gasteiger charge is -2.13. The zero-order valence-electron chi connectivity index (χ0n) is 11.7. The van der Waals surface area contributed by atoms with Gasteiger partial charge in [0.25, 0.3) is 0 Å². The molecule has 0 saturated heterocycles. The van der Waals surface area contributed by atoms with Crippen LogP contribution in [0.2, 0.25) is 0 Å². The number of hydrogen-bond donors (Lipinski definition) is 0. The van der Waals surface area contributed by atoms with Crippen LogP contribution >= 0.6 is 0 Å². The Morgan fingerprint density at radius 1 is 0.600 bits per heavy atom. The van der Waals surface area contributed by atoms with Crippen LogP contribution in [0.1, 0.15) is 79.6 Å². The number of unbranched alkanes of at least 4 members (excludes halogenated alkanes) is 3. The molecule has 0 aromatic rings. The highest BCUT2D eigenvalue weighted by atomic mass is 14.1. The molecule has 0 nitrogen and oxygen atoms in total. The molecule has 92 valence electrons. The fourth-order valence-electron chi connectivity index (χ4n) is 2.32. The van der Waals surface area contributed by atoms with Crippen molar-refractivity contribution in [2.45, 2.75) is 79.6 Å². The van der Waals surface area contributed by atoms with Crippen LogP contribution in [0, 0.1) is 17.8 Å². The van der Waals surface area contributed by atoms with Gasteiger partial charge in [0.2, 0.25) is 0 Å². The van der Waals surface area contributed by atoms with Crippen molar-refractivity contribution >= 4 is 0 Å². The van der Waals surface area contributed by atoms with Crippen LogP contribution < -0.4 is 0 Å². The first kappa shape index (κ1) is 15.0. The van der Waals surface area contributed by atoms with E-state index in [4.69, 9.17) is 0 Å². The summed E-state index contributed by atoms with van der Waals surface area (Å²) in [5.74, 6) is 2.71. The molecule has 0 amide bonds. The van der Waals surface area contributed by atoms with Gasteiger partial charge in [0, 0.05) is 0 Å². The molecule has 0 aromatic heterocycles. The Hall–Kier alpha value is 0. The molecule has 0 heterocycles. The molecule has 0 rings (SSSR count). The SMILES string of the molecule is CC(C)CCCCCCC(C)CC(C)C. The summed E-state index contributed by atoms with van der Waals surface area (Å²) >= 11 is 0. The molecule has 0 aromatic carbocycles. The van der Waals surface area contributed by atoms with E-state index >= 15 is 0 Å². The Morgan fingerprint density at radius 3 is 1.60 bits per heavy atom. The van der Waals surface area contributed by atoms with Gasteiger partial charge in [-0.2, -0.15) is 0 Å². The minimum atomic E-state index is 0.876. The maximum absolute atomic E-state index is 2.41. The molecule has 1 unspecified atom stereocenters. The molecule has 0 N–H and O–H groups in total. The summed E-state index contributed by atoms with van der Waals surface area (Å²) < 4.78 is 0. The Morgan fingerprint density at radius 2 is 1.13 bits per heavy atom. The predicted molar refractivity (Wildman–Crippen MR) is 71.2 cm³/mol. The van der Waals surface area contributed by atoms with Gasteiger partial charge >= 0.3 is 0 Å². The minimum Gasteiger partial charge on any atom is -0.0628 e. The highest BCUT2D eigenvalue weighted by Gasteiger charge is 2.04. The molecule has 0 aliphatic rings. The van der Waals surface area contributed by atoms with Crippen molar-refractivity contribution < 1.29 is 0 Å². The van der Waals surface area contributed by atoms with E-state index in [1.807, 2.05) is 0 Å². The Kier molecular flexibility index (Phi) is 9.24. The van der Waals surface area contributed by atoms with Crippen molar-refractivity contribution in [3.05, 3.63) is 0 Å². The first-order valence-electron chi connectivity index (χ1n) is 7.02. The monoisotopic (exact) mass is 212 g/mol. The molecular formula is C15H32. The molecule has 15 heavy (non-hydrogen) atoms. The van der Waals surface area contributed by atoms with Gasteiger partial charge in [-0.15, -0.1) is 0 Å². The second-order valence-corrected chi connectivity index (χ2v) is 6.12. The van der Waals surface area contributed by atoms with Gasteiger partial charge in [0.15, 0.2) is 0 Å². The summed E-state index contributed by atoms with van der Waals surface area (Å²) in [6.07, 6.45) is 10.1. The first-order chi connectivity index (χ1) is 7.02. The van der Waals surface area contributed by atoms with Gasteiger partial charge in [0.05, 0.1) is 0 Å². The summed E-state index contributed by atoms with van der Waals surface area (Å²) in [5.41, 5.74) is 0. The topological polar surface area (TPSA) is 0 Å². The lowest BCUT2D eigenvalue weighted by molar-refractivity contribution is 0.395. The van der Waals surface area contributed by atoms with Crippen LogP contribution in [-0.4, -0.2) is 0 Å². The molecule has 0 radical (unpaired) electrons. The third-order valence-corrected chi connectivity index (χ3v) is 3.10. The van der Waals surface area contributed by atoms with Crippen molar-refractivity contribution in [3.63, 3.8) is 0 Å². The fourth-order valence-corrected chi connectivity index (χ4v) is 2.32. The van der Waals surface area contributed by atoms with Crippen LogP contribution in [0.4, 0.5) is 0 Å². The van der Waals surface area contributed by atoms with Crippen molar-refractivity contribution in [1.29, 1.82) is 0 Å². The molecule has 0 bridgehead atoms. The molecule has 0 aliphatic carbocycles. The molecule has 0 spiro atoms. The molecule has 0 heteroatoms. The van der Waals surface area contributed by atoms with Crippen LogP contribution in [0.3, 0.4) is 0 Å². The van der Waals surface area contributed by atoms with Gasteiger partial charge in [-0.3, -0.25) is 0 Å². The van der Waals surface area contributed by atoms with E-state index in [-0.39, 0.29) is 0 Å². The second-order valence-electron chi connectivity index (χ2n) is 6.12. The lowest BCUT2D eigenvalue weighted by Crippen LogP contribution is -1.99. The zero-order chi connectivity index (χ0) is 11.7. The molecule has 1 atom stereocenters. The molecule has 0 fully saturated rings. The maximum Gasteiger partial charge on any atom is -0.0440 e. The molecular weight excluding hydrogens is 180 g/mol. The van der Waals surface area contributed by atoms with Crippen LogP contribution in [0.25, 0.3) is 0 Å². The number of rotatable bonds is 9. The number of hydrogen-bond acceptors (Lipinski definition) is 0. The van der Waals surface area contributed by atoms with Gasteiger partial charge in [-0.1, -0.05) is 73.1 Å². The smallest absolute Gasteiger partial charge is 0.0440 e.